The van der Waals surface area contributed by atoms with Gasteiger partial charge in [-0.05, 0) is 45.2 Å². The molecule has 5 heteroatoms. The van der Waals surface area contributed by atoms with Crippen LogP contribution in [0.2, 0.25) is 0 Å². The van der Waals surface area contributed by atoms with Gasteiger partial charge in [-0.2, -0.15) is 0 Å². The molecule has 1 saturated heterocycles. The first-order valence-corrected chi connectivity index (χ1v) is 8.76. The molecular weight excluding hydrogens is 280 g/mol. The van der Waals surface area contributed by atoms with Gasteiger partial charge in [-0.1, -0.05) is 6.92 Å². The fourth-order valence-corrected chi connectivity index (χ4v) is 3.75. The van der Waals surface area contributed by atoms with Gasteiger partial charge in [0.25, 0.3) is 0 Å². The molecule has 0 radical (unpaired) electrons. The standard InChI is InChI=1S/C16H24N4S/c1-3-16-18-15(12-21-16)11-19-7-4-14(5-8-19)10-20-9-6-17-13(20)2/h6,9,12,14H,3-5,7-8,10-11H2,1-2H3. The van der Waals surface area contributed by atoms with Crippen LogP contribution in [-0.2, 0) is 19.5 Å². The van der Waals surface area contributed by atoms with E-state index in [1.165, 1.54) is 36.6 Å². The summed E-state index contributed by atoms with van der Waals surface area (Å²) in [6, 6.07) is 0. The summed E-state index contributed by atoms with van der Waals surface area (Å²) < 4.78 is 2.29. The summed E-state index contributed by atoms with van der Waals surface area (Å²) in [6.07, 6.45) is 7.61. The van der Waals surface area contributed by atoms with Crippen molar-refractivity contribution < 1.29 is 0 Å². The molecule has 3 rings (SSSR count). The van der Waals surface area contributed by atoms with Gasteiger partial charge < -0.3 is 4.57 Å². The third kappa shape index (κ3) is 3.71. The zero-order valence-corrected chi connectivity index (χ0v) is 13.8. The van der Waals surface area contributed by atoms with Crippen LogP contribution in [0.15, 0.2) is 17.8 Å². The highest BCUT2D eigenvalue weighted by Gasteiger charge is 2.20. The SMILES string of the molecule is CCc1nc(CN2CCC(Cn3ccnc3C)CC2)cs1. The molecule has 0 aromatic carbocycles. The minimum absolute atomic E-state index is 0.788. The van der Waals surface area contributed by atoms with E-state index >= 15 is 0 Å². The first-order valence-electron chi connectivity index (χ1n) is 7.88. The lowest BCUT2D eigenvalue weighted by Gasteiger charge is -2.31. The maximum atomic E-state index is 4.68. The van der Waals surface area contributed by atoms with Crippen LogP contribution in [0.5, 0.6) is 0 Å². The summed E-state index contributed by atoms with van der Waals surface area (Å²) in [5, 5.41) is 3.48. The molecule has 0 N–H and O–H groups in total. The van der Waals surface area contributed by atoms with Gasteiger partial charge in [0.05, 0.1) is 10.7 Å². The molecule has 21 heavy (non-hydrogen) atoms. The van der Waals surface area contributed by atoms with Gasteiger partial charge in [-0.3, -0.25) is 4.90 Å². The van der Waals surface area contributed by atoms with Crippen LogP contribution in [0.3, 0.4) is 0 Å². The van der Waals surface area contributed by atoms with E-state index < -0.39 is 0 Å². The predicted octanol–water partition coefficient (Wildman–Crippen LogP) is 3.12. The highest BCUT2D eigenvalue weighted by Crippen LogP contribution is 2.21. The summed E-state index contributed by atoms with van der Waals surface area (Å²) in [5.41, 5.74) is 1.25. The van der Waals surface area contributed by atoms with E-state index in [-0.39, 0.29) is 0 Å². The molecule has 0 spiro atoms. The quantitative estimate of drug-likeness (QED) is 0.851. The smallest absolute Gasteiger partial charge is 0.105 e. The lowest BCUT2D eigenvalue weighted by Crippen LogP contribution is -2.34. The van der Waals surface area contributed by atoms with Gasteiger partial charge in [0.15, 0.2) is 0 Å². The van der Waals surface area contributed by atoms with Crippen molar-refractivity contribution in [1.29, 1.82) is 0 Å². The lowest BCUT2D eigenvalue weighted by atomic mass is 9.96. The second-order valence-electron chi connectivity index (χ2n) is 5.93. The Morgan fingerprint density at radius 3 is 2.76 bits per heavy atom. The molecule has 2 aromatic heterocycles. The summed E-state index contributed by atoms with van der Waals surface area (Å²) in [7, 11) is 0. The van der Waals surface area contributed by atoms with Crippen molar-refractivity contribution in [3.05, 3.63) is 34.3 Å². The van der Waals surface area contributed by atoms with E-state index in [9.17, 15) is 0 Å². The highest BCUT2D eigenvalue weighted by molar-refractivity contribution is 7.09. The molecule has 0 atom stereocenters. The van der Waals surface area contributed by atoms with Gasteiger partial charge in [0.2, 0.25) is 0 Å². The van der Waals surface area contributed by atoms with Gasteiger partial charge in [0.1, 0.15) is 5.82 Å². The number of aromatic nitrogens is 3. The average Bonchev–Trinajstić information content (AvgIpc) is 3.11. The first kappa shape index (κ1) is 14.7. The van der Waals surface area contributed by atoms with Crippen LogP contribution in [0, 0.1) is 12.8 Å². The van der Waals surface area contributed by atoms with Crippen molar-refractivity contribution >= 4 is 11.3 Å². The van der Waals surface area contributed by atoms with Crippen molar-refractivity contribution in [3.63, 3.8) is 0 Å². The van der Waals surface area contributed by atoms with Crippen LogP contribution in [-0.4, -0.2) is 32.5 Å². The third-order valence-corrected chi connectivity index (χ3v) is 5.42. The van der Waals surface area contributed by atoms with Crippen molar-refractivity contribution in [1.82, 2.24) is 19.4 Å². The lowest BCUT2D eigenvalue weighted by molar-refractivity contribution is 0.165. The molecule has 2 aromatic rings. The number of hydrogen-bond donors (Lipinski definition) is 0. The molecule has 3 heterocycles. The number of rotatable bonds is 5. The van der Waals surface area contributed by atoms with Crippen molar-refractivity contribution in [2.45, 2.75) is 46.2 Å². The number of nitrogens with zero attached hydrogens (tertiary/aromatic N) is 4. The van der Waals surface area contributed by atoms with Gasteiger partial charge in [-0.25, -0.2) is 9.97 Å². The Balaban J connectivity index is 1.47. The van der Waals surface area contributed by atoms with E-state index in [1.54, 1.807) is 11.3 Å². The van der Waals surface area contributed by atoms with Gasteiger partial charge >= 0.3 is 0 Å². The Hall–Kier alpha value is -1.20. The molecule has 1 fully saturated rings. The van der Waals surface area contributed by atoms with Crippen molar-refractivity contribution in [2.75, 3.05) is 13.1 Å². The first-order chi connectivity index (χ1) is 10.2. The minimum atomic E-state index is 0.788. The number of aryl methyl sites for hydroxylation is 2. The number of likely N-dealkylation sites (tertiary alicyclic amines) is 1. The van der Waals surface area contributed by atoms with E-state index in [0.717, 1.165) is 31.3 Å². The van der Waals surface area contributed by atoms with Crippen LogP contribution in [0.4, 0.5) is 0 Å². The van der Waals surface area contributed by atoms with E-state index in [4.69, 9.17) is 0 Å². The summed E-state index contributed by atoms with van der Waals surface area (Å²) >= 11 is 1.79. The van der Waals surface area contributed by atoms with Crippen molar-refractivity contribution in [2.24, 2.45) is 5.92 Å². The van der Waals surface area contributed by atoms with Gasteiger partial charge in [-0.15, -0.1) is 11.3 Å². The molecule has 4 nitrogen and oxygen atoms in total. The summed E-state index contributed by atoms with van der Waals surface area (Å²) in [4.78, 5) is 11.5. The zero-order valence-electron chi connectivity index (χ0n) is 13.0. The monoisotopic (exact) mass is 304 g/mol. The van der Waals surface area contributed by atoms with Crippen LogP contribution in [0.1, 0.15) is 36.3 Å². The molecule has 0 aliphatic carbocycles. The Kier molecular flexibility index (Phi) is 4.70. The number of thiazole rings is 1. The summed E-state index contributed by atoms with van der Waals surface area (Å²) in [6.45, 7) is 8.79. The Morgan fingerprint density at radius 1 is 1.33 bits per heavy atom. The predicted molar refractivity (Wildman–Crippen MR) is 86.5 cm³/mol. The minimum Gasteiger partial charge on any atom is -0.335 e. The van der Waals surface area contributed by atoms with Gasteiger partial charge in [0, 0.05) is 30.9 Å². The molecule has 1 aliphatic heterocycles. The molecule has 1 aliphatic rings. The third-order valence-electron chi connectivity index (χ3n) is 4.37. The topological polar surface area (TPSA) is 34.0 Å². The van der Waals surface area contributed by atoms with E-state index in [0.29, 0.717) is 0 Å². The number of hydrogen-bond acceptors (Lipinski definition) is 4. The van der Waals surface area contributed by atoms with Crippen molar-refractivity contribution in [3.8, 4) is 0 Å². The van der Waals surface area contributed by atoms with E-state index in [2.05, 4.69) is 44.9 Å². The Morgan fingerprint density at radius 2 is 2.14 bits per heavy atom. The highest BCUT2D eigenvalue weighted by atomic mass is 32.1. The largest absolute Gasteiger partial charge is 0.335 e. The Labute approximate surface area is 130 Å². The van der Waals surface area contributed by atoms with Crippen LogP contribution in [0.25, 0.3) is 0 Å². The Bertz CT molecular complexity index is 566. The van der Waals surface area contributed by atoms with E-state index in [1.807, 2.05) is 6.20 Å². The fraction of sp³-hybridized carbons (Fsp3) is 0.625. The number of imidazole rings is 1. The molecule has 114 valence electrons. The maximum absolute atomic E-state index is 4.68. The second-order valence-corrected chi connectivity index (χ2v) is 6.88. The van der Waals surface area contributed by atoms with Crippen LogP contribution >= 0.6 is 11.3 Å². The van der Waals surface area contributed by atoms with Crippen LogP contribution < -0.4 is 0 Å². The summed E-state index contributed by atoms with van der Waals surface area (Å²) in [5.74, 6) is 1.92. The molecule has 0 amide bonds. The molecule has 0 unspecified atom stereocenters. The normalized spacial score (nSPS) is 17.4. The fourth-order valence-electron chi connectivity index (χ4n) is 3.01. The molecule has 0 bridgehead atoms. The average molecular weight is 304 g/mol. The number of piperidine rings is 1. The zero-order chi connectivity index (χ0) is 14.7. The molecule has 0 saturated carbocycles. The second kappa shape index (κ2) is 6.71. The maximum Gasteiger partial charge on any atom is 0.105 e. The molecular formula is C16H24N4S.